The third kappa shape index (κ3) is 4.52. The number of aromatic nitrogens is 2. The average molecular weight is 500 g/mol. The monoisotopic (exact) mass is 499 g/mol. The molecule has 1 aliphatic heterocycles. The highest BCUT2D eigenvalue weighted by molar-refractivity contribution is 7.99. The fourth-order valence-electron chi connectivity index (χ4n) is 4.47. The maximum atomic E-state index is 13.5. The van der Waals surface area contributed by atoms with Gasteiger partial charge < -0.3 is 9.64 Å². The van der Waals surface area contributed by atoms with Gasteiger partial charge >= 0.3 is 5.97 Å². The van der Waals surface area contributed by atoms with Gasteiger partial charge in [-0.05, 0) is 42.3 Å². The number of para-hydroxylation sites is 1. The summed E-state index contributed by atoms with van der Waals surface area (Å²) < 4.78 is 6.55. The summed E-state index contributed by atoms with van der Waals surface area (Å²) in [7, 11) is 1.33. The minimum atomic E-state index is -0.693. The molecular formula is C28H25N3O4S. The van der Waals surface area contributed by atoms with Crippen molar-refractivity contribution < 1.29 is 14.3 Å². The first kappa shape index (κ1) is 23.8. The van der Waals surface area contributed by atoms with Crippen molar-refractivity contribution in [2.45, 2.75) is 31.1 Å². The van der Waals surface area contributed by atoms with Crippen molar-refractivity contribution in [3.8, 4) is 5.69 Å². The summed E-state index contributed by atoms with van der Waals surface area (Å²) in [5.74, 6) is -0.641. The highest BCUT2D eigenvalue weighted by Crippen LogP contribution is 2.27. The van der Waals surface area contributed by atoms with Gasteiger partial charge in [-0.3, -0.25) is 14.2 Å². The number of nitrogens with zero attached hydrogens (tertiary/aromatic N) is 3. The van der Waals surface area contributed by atoms with Crippen LogP contribution < -0.4 is 5.56 Å². The van der Waals surface area contributed by atoms with Crippen LogP contribution in [0.1, 0.15) is 16.7 Å². The van der Waals surface area contributed by atoms with Gasteiger partial charge in [0.05, 0.1) is 29.5 Å². The number of aryl methyl sites for hydroxylation is 1. The zero-order chi connectivity index (χ0) is 25.2. The Labute approximate surface area is 212 Å². The van der Waals surface area contributed by atoms with Crippen molar-refractivity contribution >= 4 is 34.5 Å². The van der Waals surface area contributed by atoms with Gasteiger partial charge in [0.2, 0.25) is 5.91 Å². The van der Waals surface area contributed by atoms with Gasteiger partial charge in [0.25, 0.3) is 5.56 Å². The lowest BCUT2D eigenvalue weighted by Crippen LogP contribution is -2.49. The molecule has 1 atom stereocenters. The minimum absolute atomic E-state index is 0.0201. The van der Waals surface area contributed by atoms with E-state index in [1.807, 2.05) is 67.6 Å². The van der Waals surface area contributed by atoms with Crippen LogP contribution in [-0.4, -0.2) is 45.2 Å². The van der Waals surface area contributed by atoms with E-state index in [-0.39, 0.29) is 17.2 Å². The van der Waals surface area contributed by atoms with E-state index in [0.29, 0.717) is 34.7 Å². The Hall–Kier alpha value is -3.91. The molecule has 182 valence electrons. The predicted octanol–water partition coefficient (Wildman–Crippen LogP) is 3.91. The van der Waals surface area contributed by atoms with E-state index >= 15 is 0 Å². The second kappa shape index (κ2) is 9.99. The van der Waals surface area contributed by atoms with Crippen LogP contribution in [0.15, 0.2) is 82.7 Å². The van der Waals surface area contributed by atoms with Gasteiger partial charge in [-0.1, -0.05) is 65.9 Å². The highest BCUT2D eigenvalue weighted by Gasteiger charge is 2.35. The molecule has 0 N–H and O–H groups in total. The Kier molecular flexibility index (Phi) is 6.61. The second-order valence-electron chi connectivity index (χ2n) is 8.71. The zero-order valence-corrected chi connectivity index (χ0v) is 20.8. The number of fused-ring (bicyclic) bond motifs is 2. The molecule has 36 heavy (non-hydrogen) atoms. The largest absolute Gasteiger partial charge is 0.467 e. The molecule has 7 nitrogen and oxygen atoms in total. The number of methoxy groups -OCH3 is 1. The third-order valence-corrected chi connectivity index (χ3v) is 7.33. The van der Waals surface area contributed by atoms with Gasteiger partial charge in [0.15, 0.2) is 5.16 Å². The summed E-state index contributed by atoms with van der Waals surface area (Å²) >= 11 is 1.19. The maximum absolute atomic E-state index is 13.5. The number of hydrogen-bond acceptors (Lipinski definition) is 6. The van der Waals surface area contributed by atoms with Gasteiger partial charge in [-0.2, -0.15) is 0 Å². The number of amides is 1. The molecule has 2 heterocycles. The van der Waals surface area contributed by atoms with Crippen LogP contribution in [0.3, 0.4) is 0 Å². The number of benzene rings is 3. The molecule has 0 fully saturated rings. The number of carbonyl (C=O) groups excluding carboxylic acids is 2. The molecular weight excluding hydrogens is 474 g/mol. The zero-order valence-electron chi connectivity index (χ0n) is 20.0. The van der Waals surface area contributed by atoms with E-state index in [1.165, 1.54) is 18.9 Å². The standard InChI is InChI=1S/C28H25N3O4S/c1-18-11-13-21(14-12-18)31-26(33)22-9-5-6-10-23(22)29-28(31)36-17-25(32)30-16-20-8-4-3-7-19(20)15-24(30)27(34)35-2/h3-14,24H,15-17H2,1-2H3/t24-/m0/s1. The first-order chi connectivity index (χ1) is 17.5. The van der Waals surface area contributed by atoms with Crippen LogP contribution in [0.25, 0.3) is 16.6 Å². The van der Waals surface area contributed by atoms with Crippen molar-refractivity contribution in [2.75, 3.05) is 12.9 Å². The SMILES string of the molecule is COC(=O)[C@@H]1Cc2ccccc2CN1C(=O)CSc1nc2ccccc2c(=O)n1-c1ccc(C)cc1. The van der Waals surface area contributed by atoms with Gasteiger partial charge in [0, 0.05) is 13.0 Å². The van der Waals surface area contributed by atoms with Crippen LogP contribution in [0.4, 0.5) is 0 Å². The quantitative estimate of drug-likeness (QED) is 0.235. The Morgan fingerprint density at radius 2 is 1.69 bits per heavy atom. The van der Waals surface area contributed by atoms with E-state index in [4.69, 9.17) is 9.72 Å². The van der Waals surface area contributed by atoms with E-state index < -0.39 is 12.0 Å². The summed E-state index contributed by atoms with van der Waals surface area (Å²) in [4.78, 5) is 45.7. The Bertz CT molecular complexity index is 1510. The summed E-state index contributed by atoms with van der Waals surface area (Å²) in [5, 5.41) is 0.926. The fourth-order valence-corrected chi connectivity index (χ4v) is 5.37. The van der Waals surface area contributed by atoms with Crippen molar-refractivity contribution in [3.63, 3.8) is 0 Å². The molecule has 0 bridgehead atoms. The summed E-state index contributed by atoms with van der Waals surface area (Å²) in [6, 6.07) is 21.9. The van der Waals surface area contributed by atoms with E-state index in [2.05, 4.69) is 0 Å². The van der Waals surface area contributed by atoms with Crippen LogP contribution in [0.5, 0.6) is 0 Å². The summed E-state index contributed by atoms with van der Waals surface area (Å²) in [6.07, 6.45) is 0.404. The van der Waals surface area contributed by atoms with Crippen LogP contribution >= 0.6 is 11.8 Å². The van der Waals surface area contributed by atoms with Crippen molar-refractivity contribution in [1.82, 2.24) is 14.5 Å². The molecule has 0 aliphatic carbocycles. The molecule has 0 spiro atoms. The first-order valence-corrected chi connectivity index (χ1v) is 12.6. The van der Waals surface area contributed by atoms with Crippen LogP contribution in [-0.2, 0) is 27.3 Å². The molecule has 5 rings (SSSR count). The minimum Gasteiger partial charge on any atom is -0.467 e. The molecule has 0 saturated carbocycles. The number of carbonyl (C=O) groups is 2. The topological polar surface area (TPSA) is 81.5 Å². The van der Waals surface area contributed by atoms with Crippen LogP contribution in [0, 0.1) is 6.92 Å². The number of esters is 1. The van der Waals surface area contributed by atoms with E-state index in [0.717, 1.165) is 16.7 Å². The van der Waals surface area contributed by atoms with Gasteiger partial charge in [-0.15, -0.1) is 0 Å². The lowest BCUT2D eigenvalue weighted by Gasteiger charge is -2.35. The molecule has 0 radical (unpaired) electrons. The van der Waals surface area contributed by atoms with Gasteiger partial charge in [0.1, 0.15) is 6.04 Å². The molecule has 1 aromatic heterocycles. The fraction of sp³-hybridized carbons (Fsp3) is 0.214. The molecule has 8 heteroatoms. The maximum Gasteiger partial charge on any atom is 0.328 e. The normalized spacial score (nSPS) is 14.9. The molecule has 0 saturated heterocycles. The number of hydrogen-bond donors (Lipinski definition) is 0. The third-order valence-electron chi connectivity index (χ3n) is 6.40. The summed E-state index contributed by atoms with van der Waals surface area (Å²) in [6.45, 7) is 2.30. The first-order valence-electron chi connectivity index (χ1n) is 11.6. The van der Waals surface area contributed by atoms with Crippen molar-refractivity contribution in [2.24, 2.45) is 0 Å². The smallest absolute Gasteiger partial charge is 0.328 e. The number of ether oxygens (including phenoxy) is 1. The molecule has 3 aromatic carbocycles. The second-order valence-corrected chi connectivity index (χ2v) is 9.65. The highest BCUT2D eigenvalue weighted by atomic mass is 32.2. The molecule has 4 aromatic rings. The Morgan fingerprint density at radius 3 is 2.44 bits per heavy atom. The average Bonchev–Trinajstić information content (AvgIpc) is 2.91. The molecule has 1 aliphatic rings. The lowest BCUT2D eigenvalue weighted by atomic mass is 9.94. The summed E-state index contributed by atoms with van der Waals surface area (Å²) in [5.41, 5.74) is 4.17. The lowest BCUT2D eigenvalue weighted by molar-refractivity contribution is -0.153. The number of thioether (sulfide) groups is 1. The van der Waals surface area contributed by atoms with E-state index in [9.17, 15) is 14.4 Å². The Morgan fingerprint density at radius 1 is 1.00 bits per heavy atom. The van der Waals surface area contributed by atoms with Crippen molar-refractivity contribution in [1.29, 1.82) is 0 Å². The number of rotatable bonds is 5. The van der Waals surface area contributed by atoms with Gasteiger partial charge in [-0.25, -0.2) is 9.78 Å². The Balaban J connectivity index is 1.48. The molecule has 1 amide bonds. The van der Waals surface area contributed by atoms with E-state index in [1.54, 1.807) is 21.6 Å². The van der Waals surface area contributed by atoms with Crippen molar-refractivity contribution in [3.05, 3.63) is 99.8 Å². The predicted molar refractivity (Wildman–Crippen MR) is 139 cm³/mol. The van der Waals surface area contributed by atoms with Crippen LogP contribution in [0.2, 0.25) is 0 Å². The molecule has 0 unspecified atom stereocenters.